The highest BCUT2D eigenvalue weighted by molar-refractivity contribution is 6.31. The number of hydrogen-bond acceptors (Lipinski definition) is 3. The topological polar surface area (TPSA) is 35.0 Å². The molecule has 3 nitrogen and oxygen atoms in total. The fourth-order valence-electron chi connectivity index (χ4n) is 1.43. The van der Waals surface area contributed by atoms with Crippen LogP contribution in [0.4, 0.5) is 4.39 Å². The number of nitrogens with zero attached hydrogens (tertiary/aromatic N) is 2. The van der Waals surface area contributed by atoms with Crippen LogP contribution in [0.25, 0.3) is 0 Å². The average Bonchev–Trinajstić information content (AvgIpc) is 2.32. The lowest BCUT2D eigenvalue weighted by atomic mass is 10.1. The summed E-state index contributed by atoms with van der Waals surface area (Å²) in [7, 11) is 1.48. The quantitative estimate of drug-likeness (QED) is 0.843. The van der Waals surface area contributed by atoms with E-state index in [1.54, 1.807) is 18.2 Å². The van der Waals surface area contributed by atoms with Crippen molar-refractivity contribution in [2.45, 2.75) is 6.42 Å². The Hall–Kier alpha value is -1.68. The minimum Gasteiger partial charge on any atom is -0.479 e. The first-order valence-corrected chi connectivity index (χ1v) is 5.37. The zero-order valence-electron chi connectivity index (χ0n) is 9.15. The van der Waals surface area contributed by atoms with Crippen LogP contribution in [-0.4, -0.2) is 17.3 Å². The van der Waals surface area contributed by atoms with E-state index in [1.165, 1.54) is 19.2 Å². The standard InChI is InChI=1S/C12H10ClFN2O/c1-17-12-11(13)7-10(15-16-12)6-8-2-4-9(14)5-3-8/h2-5,7H,6H2,1H3. The van der Waals surface area contributed by atoms with Gasteiger partial charge in [-0.25, -0.2) is 4.39 Å². The number of halogens is 2. The summed E-state index contributed by atoms with van der Waals surface area (Å²) >= 11 is 5.93. The first-order chi connectivity index (χ1) is 8.19. The smallest absolute Gasteiger partial charge is 0.252 e. The first-order valence-electron chi connectivity index (χ1n) is 4.99. The highest BCUT2D eigenvalue weighted by atomic mass is 35.5. The molecule has 88 valence electrons. The Morgan fingerprint density at radius 1 is 1.24 bits per heavy atom. The minimum atomic E-state index is -0.257. The van der Waals surface area contributed by atoms with Gasteiger partial charge in [0.25, 0.3) is 5.88 Å². The largest absolute Gasteiger partial charge is 0.479 e. The van der Waals surface area contributed by atoms with Gasteiger partial charge >= 0.3 is 0 Å². The molecule has 0 saturated heterocycles. The van der Waals surface area contributed by atoms with Crippen LogP contribution in [0.1, 0.15) is 11.3 Å². The predicted molar refractivity (Wildman–Crippen MR) is 62.8 cm³/mol. The number of ether oxygens (including phenoxy) is 1. The van der Waals surface area contributed by atoms with E-state index in [0.29, 0.717) is 23.0 Å². The lowest BCUT2D eigenvalue weighted by Crippen LogP contribution is -1.98. The molecule has 0 bridgehead atoms. The van der Waals surface area contributed by atoms with Gasteiger partial charge in [0, 0.05) is 6.42 Å². The second-order valence-corrected chi connectivity index (χ2v) is 3.90. The molecule has 0 N–H and O–H groups in total. The molecule has 0 spiro atoms. The third-order valence-electron chi connectivity index (χ3n) is 2.26. The normalized spacial score (nSPS) is 10.3. The molecule has 0 aliphatic heterocycles. The summed E-state index contributed by atoms with van der Waals surface area (Å²) in [6.07, 6.45) is 0.553. The molecule has 0 radical (unpaired) electrons. The molecule has 0 atom stereocenters. The minimum absolute atomic E-state index is 0.257. The number of aromatic nitrogens is 2. The van der Waals surface area contributed by atoms with E-state index in [1.807, 2.05) is 0 Å². The van der Waals surface area contributed by atoms with Crippen molar-refractivity contribution in [2.75, 3.05) is 7.11 Å². The number of methoxy groups -OCH3 is 1. The maximum atomic E-state index is 12.7. The van der Waals surface area contributed by atoms with Gasteiger partial charge in [0.2, 0.25) is 0 Å². The summed E-state index contributed by atoms with van der Waals surface area (Å²) in [5, 5.41) is 8.22. The van der Waals surface area contributed by atoms with Gasteiger partial charge in [-0.2, -0.15) is 5.10 Å². The van der Waals surface area contributed by atoms with Gasteiger partial charge in [0.05, 0.1) is 12.8 Å². The summed E-state index contributed by atoms with van der Waals surface area (Å²) < 4.78 is 17.6. The molecule has 0 unspecified atom stereocenters. The fraction of sp³-hybridized carbons (Fsp3) is 0.167. The highest BCUT2D eigenvalue weighted by Crippen LogP contribution is 2.21. The Kier molecular flexibility index (Phi) is 3.54. The molecule has 0 aliphatic carbocycles. The molecule has 1 heterocycles. The van der Waals surface area contributed by atoms with Crippen molar-refractivity contribution in [1.82, 2.24) is 10.2 Å². The van der Waals surface area contributed by atoms with Crippen LogP contribution < -0.4 is 4.74 Å². The van der Waals surface area contributed by atoms with Crippen LogP contribution in [0.3, 0.4) is 0 Å². The van der Waals surface area contributed by atoms with Crippen molar-refractivity contribution in [2.24, 2.45) is 0 Å². The molecule has 1 aromatic carbocycles. The molecule has 5 heteroatoms. The SMILES string of the molecule is COc1nnc(Cc2ccc(F)cc2)cc1Cl. The molecular formula is C12H10ClFN2O. The van der Waals surface area contributed by atoms with Gasteiger partial charge in [-0.1, -0.05) is 23.7 Å². The van der Waals surface area contributed by atoms with Gasteiger partial charge in [-0.15, -0.1) is 5.10 Å². The van der Waals surface area contributed by atoms with Crippen molar-refractivity contribution in [3.8, 4) is 5.88 Å². The maximum absolute atomic E-state index is 12.7. The number of benzene rings is 1. The van der Waals surface area contributed by atoms with Crippen molar-refractivity contribution in [3.63, 3.8) is 0 Å². The molecule has 2 aromatic rings. The summed E-state index contributed by atoms with van der Waals surface area (Å²) in [4.78, 5) is 0. The molecule has 0 aliphatic rings. The van der Waals surface area contributed by atoms with Gasteiger partial charge < -0.3 is 4.74 Å². The maximum Gasteiger partial charge on any atom is 0.252 e. The lowest BCUT2D eigenvalue weighted by molar-refractivity contribution is 0.391. The Labute approximate surface area is 103 Å². The summed E-state index contributed by atoms with van der Waals surface area (Å²) in [5.41, 5.74) is 1.66. The summed E-state index contributed by atoms with van der Waals surface area (Å²) in [6, 6.07) is 7.92. The number of rotatable bonds is 3. The van der Waals surface area contributed by atoms with Gasteiger partial charge in [0.15, 0.2) is 0 Å². The first kappa shape index (κ1) is 11.8. The van der Waals surface area contributed by atoms with Crippen molar-refractivity contribution in [1.29, 1.82) is 0 Å². The molecule has 1 aromatic heterocycles. The van der Waals surface area contributed by atoms with Crippen LogP contribution in [0.15, 0.2) is 30.3 Å². The zero-order valence-corrected chi connectivity index (χ0v) is 9.91. The molecular weight excluding hydrogens is 243 g/mol. The van der Waals surface area contributed by atoms with Gasteiger partial charge in [0.1, 0.15) is 10.8 Å². The average molecular weight is 253 g/mol. The third kappa shape index (κ3) is 2.91. The van der Waals surface area contributed by atoms with Crippen molar-refractivity contribution >= 4 is 11.6 Å². The lowest BCUT2D eigenvalue weighted by Gasteiger charge is -2.04. The predicted octanol–water partition coefficient (Wildman–Crippen LogP) is 2.87. The van der Waals surface area contributed by atoms with E-state index in [-0.39, 0.29) is 5.82 Å². The molecule has 0 saturated carbocycles. The van der Waals surface area contributed by atoms with E-state index in [2.05, 4.69) is 10.2 Å². The van der Waals surface area contributed by atoms with E-state index in [9.17, 15) is 4.39 Å². The molecule has 0 fully saturated rings. The second kappa shape index (κ2) is 5.10. The molecule has 2 rings (SSSR count). The molecule has 17 heavy (non-hydrogen) atoms. The molecule has 0 amide bonds. The fourth-order valence-corrected chi connectivity index (χ4v) is 1.67. The van der Waals surface area contributed by atoms with Gasteiger partial charge in [-0.05, 0) is 23.8 Å². The monoisotopic (exact) mass is 252 g/mol. The van der Waals surface area contributed by atoms with E-state index < -0.39 is 0 Å². The Bertz CT molecular complexity index is 516. The highest BCUT2D eigenvalue weighted by Gasteiger charge is 2.05. The zero-order chi connectivity index (χ0) is 12.3. The van der Waals surface area contributed by atoms with Crippen LogP contribution in [0.2, 0.25) is 5.02 Å². The summed E-state index contributed by atoms with van der Waals surface area (Å²) in [5.74, 6) is 0.0436. The number of hydrogen-bond donors (Lipinski definition) is 0. The van der Waals surface area contributed by atoms with Crippen LogP contribution in [-0.2, 0) is 6.42 Å². The van der Waals surface area contributed by atoms with Crippen LogP contribution in [0.5, 0.6) is 5.88 Å². The van der Waals surface area contributed by atoms with Crippen LogP contribution in [0, 0.1) is 5.82 Å². The van der Waals surface area contributed by atoms with Crippen molar-refractivity contribution < 1.29 is 9.13 Å². The second-order valence-electron chi connectivity index (χ2n) is 3.50. The van der Waals surface area contributed by atoms with Crippen molar-refractivity contribution in [3.05, 3.63) is 52.4 Å². The van der Waals surface area contributed by atoms with E-state index in [0.717, 1.165) is 5.56 Å². The van der Waals surface area contributed by atoms with E-state index in [4.69, 9.17) is 16.3 Å². The van der Waals surface area contributed by atoms with E-state index >= 15 is 0 Å². The van der Waals surface area contributed by atoms with Gasteiger partial charge in [-0.3, -0.25) is 0 Å². The third-order valence-corrected chi connectivity index (χ3v) is 2.53. The Morgan fingerprint density at radius 3 is 2.53 bits per heavy atom. The van der Waals surface area contributed by atoms with Crippen LogP contribution >= 0.6 is 11.6 Å². The Balaban J connectivity index is 2.19. The Morgan fingerprint density at radius 2 is 1.94 bits per heavy atom. The summed E-state index contributed by atoms with van der Waals surface area (Å²) in [6.45, 7) is 0.